The second-order valence-electron chi connectivity index (χ2n) is 8.80. The van der Waals surface area contributed by atoms with Crippen LogP contribution < -0.4 is 16.4 Å². The van der Waals surface area contributed by atoms with Crippen LogP contribution in [0.5, 0.6) is 0 Å². The zero-order chi connectivity index (χ0) is 25.7. The van der Waals surface area contributed by atoms with Gasteiger partial charge in [-0.25, -0.2) is 13.4 Å². The van der Waals surface area contributed by atoms with Gasteiger partial charge in [-0.2, -0.15) is 0 Å². The predicted octanol–water partition coefficient (Wildman–Crippen LogP) is 4.64. The first kappa shape index (κ1) is 25.2. The molecule has 0 radical (unpaired) electrons. The van der Waals surface area contributed by atoms with Crippen molar-refractivity contribution in [1.29, 1.82) is 0 Å². The van der Waals surface area contributed by atoms with Gasteiger partial charge in [-0.3, -0.25) is 4.79 Å². The number of aromatic nitrogens is 1. The Morgan fingerprint density at radius 3 is 2.61 bits per heavy atom. The van der Waals surface area contributed by atoms with Gasteiger partial charge in [-0.15, -0.1) is 0 Å². The fraction of sp³-hybridized carbons (Fsp3) is 0.214. The van der Waals surface area contributed by atoms with Gasteiger partial charge in [0.25, 0.3) is 0 Å². The predicted molar refractivity (Wildman–Crippen MR) is 144 cm³/mol. The van der Waals surface area contributed by atoms with Crippen LogP contribution >= 0.6 is 0 Å². The molecule has 7 nitrogen and oxygen atoms in total. The van der Waals surface area contributed by atoms with Crippen LogP contribution in [0.15, 0.2) is 83.9 Å². The minimum Gasteiger partial charge on any atom is -0.383 e. The summed E-state index contributed by atoms with van der Waals surface area (Å²) in [7, 11) is -3.42. The Balaban J connectivity index is 1.65. The van der Waals surface area contributed by atoms with Gasteiger partial charge in [-0.1, -0.05) is 55.8 Å². The van der Waals surface area contributed by atoms with Crippen molar-refractivity contribution in [3.63, 3.8) is 0 Å². The molecular weight excluding hydrogens is 472 g/mol. The molecular formula is C28H30N4O3S. The van der Waals surface area contributed by atoms with E-state index < -0.39 is 15.9 Å². The van der Waals surface area contributed by atoms with Gasteiger partial charge in [-0.05, 0) is 58.8 Å². The van der Waals surface area contributed by atoms with Crippen molar-refractivity contribution in [2.24, 2.45) is 0 Å². The molecule has 4 aromatic rings. The zero-order valence-corrected chi connectivity index (χ0v) is 21.2. The van der Waals surface area contributed by atoms with Crippen LogP contribution in [0.25, 0.3) is 10.8 Å². The quantitative estimate of drug-likeness (QED) is 0.307. The monoisotopic (exact) mass is 502 g/mol. The third-order valence-electron chi connectivity index (χ3n) is 6.02. The number of anilines is 2. The highest BCUT2D eigenvalue weighted by atomic mass is 32.2. The van der Waals surface area contributed by atoms with E-state index >= 15 is 0 Å². The van der Waals surface area contributed by atoms with Gasteiger partial charge in [0, 0.05) is 30.1 Å². The summed E-state index contributed by atoms with van der Waals surface area (Å²) in [5, 5.41) is 8.05. The number of aryl methyl sites for hydroxylation is 1. The molecule has 0 aliphatic carbocycles. The summed E-state index contributed by atoms with van der Waals surface area (Å²) in [6, 6.07) is 21.5. The number of carbonyl (C=O) groups excluding carboxylic acids is 1. The van der Waals surface area contributed by atoms with Crippen LogP contribution in [0.4, 0.5) is 11.5 Å². The van der Waals surface area contributed by atoms with E-state index in [0.29, 0.717) is 11.4 Å². The van der Waals surface area contributed by atoms with E-state index in [1.54, 1.807) is 30.5 Å². The average molecular weight is 503 g/mol. The molecule has 1 heterocycles. The molecule has 36 heavy (non-hydrogen) atoms. The molecule has 0 bridgehead atoms. The Hall–Kier alpha value is -3.91. The topological polar surface area (TPSA) is 114 Å². The largest absolute Gasteiger partial charge is 0.383 e. The Bertz CT molecular complexity index is 1500. The van der Waals surface area contributed by atoms with Crippen LogP contribution in [0, 0.1) is 0 Å². The minimum absolute atomic E-state index is 0.0921. The first-order chi connectivity index (χ1) is 17.3. The molecule has 1 amide bonds. The molecule has 0 aliphatic heterocycles. The number of hydrogen-bond acceptors (Lipinski definition) is 6. The maximum Gasteiger partial charge on any atom is 0.247 e. The maximum atomic E-state index is 13.5. The zero-order valence-electron chi connectivity index (χ0n) is 20.4. The molecule has 0 saturated carbocycles. The van der Waals surface area contributed by atoms with Crippen LogP contribution in [0.3, 0.4) is 0 Å². The molecule has 4 rings (SSSR count). The fourth-order valence-electron chi connectivity index (χ4n) is 4.27. The van der Waals surface area contributed by atoms with E-state index in [1.807, 2.05) is 42.5 Å². The Morgan fingerprint density at radius 1 is 1.03 bits per heavy atom. The molecule has 1 atom stereocenters. The number of sulfone groups is 1. The highest BCUT2D eigenvalue weighted by Crippen LogP contribution is 2.27. The summed E-state index contributed by atoms with van der Waals surface area (Å²) >= 11 is 0. The normalized spacial score (nSPS) is 12.3. The molecule has 0 saturated heterocycles. The number of carbonyl (C=O) groups is 1. The van der Waals surface area contributed by atoms with Crippen molar-refractivity contribution in [2.45, 2.75) is 37.2 Å². The fourth-order valence-corrected chi connectivity index (χ4v) is 5.21. The van der Waals surface area contributed by atoms with Gasteiger partial charge < -0.3 is 16.4 Å². The number of nitrogens with zero attached hydrogens (tertiary/aromatic N) is 1. The molecule has 186 valence electrons. The number of nitrogen functional groups attached to an aromatic ring is 1. The van der Waals surface area contributed by atoms with Crippen molar-refractivity contribution in [1.82, 2.24) is 10.3 Å². The summed E-state index contributed by atoms with van der Waals surface area (Å²) < 4.78 is 24.4. The smallest absolute Gasteiger partial charge is 0.247 e. The number of rotatable bonds is 9. The molecule has 8 heteroatoms. The lowest BCUT2D eigenvalue weighted by atomic mass is 10.00. The molecule has 1 unspecified atom stereocenters. The highest BCUT2D eigenvalue weighted by molar-refractivity contribution is 7.90. The molecule has 1 aromatic heterocycles. The van der Waals surface area contributed by atoms with Crippen molar-refractivity contribution < 1.29 is 13.2 Å². The van der Waals surface area contributed by atoms with E-state index in [2.05, 4.69) is 28.6 Å². The van der Waals surface area contributed by atoms with Crippen LogP contribution in [-0.4, -0.2) is 25.6 Å². The Kier molecular flexibility index (Phi) is 7.55. The van der Waals surface area contributed by atoms with E-state index in [4.69, 9.17) is 5.73 Å². The van der Waals surface area contributed by atoms with E-state index in [-0.39, 0.29) is 17.3 Å². The first-order valence-electron chi connectivity index (χ1n) is 11.8. The summed E-state index contributed by atoms with van der Waals surface area (Å²) in [4.78, 5) is 17.9. The highest BCUT2D eigenvalue weighted by Gasteiger charge is 2.22. The van der Waals surface area contributed by atoms with Gasteiger partial charge >= 0.3 is 0 Å². The molecule has 0 aliphatic rings. The lowest BCUT2D eigenvalue weighted by Gasteiger charge is -2.21. The van der Waals surface area contributed by atoms with E-state index in [1.165, 1.54) is 6.26 Å². The van der Waals surface area contributed by atoms with Gasteiger partial charge in [0.2, 0.25) is 5.91 Å². The van der Waals surface area contributed by atoms with Crippen LogP contribution in [0.1, 0.15) is 36.1 Å². The van der Waals surface area contributed by atoms with Crippen molar-refractivity contribution in [3.05, 3.63) is 95.7 Å². The van der Waals surface area contributed by atoms with E-state index in [9.17, 15) is 13.2 Å². The number of nitrogens with two attached hydrogens (primary N) is 1. The van der Waals surface area contributed by atoms with Crippen molar-refractivity contribution >= 4 is 38.0 Å². The van der Waals surface area contributed by atoms with Gasteiger partial charge in [0.05, 0.1) is 4.90 Å². The second kappa shape index (κ2) is 10.8. The van der Waals surface area contributed by atoms with Crippen molar-refractivity contribution in [3.8, 4) is 0 Å². The third-order valence-corrected chi connectivity index (χ3v) is 7.21. The summed E-state index contributed by atoms with van der Waals surface area (Å²) in [5.41, 5.74) is 9.26. The number of nitrogens with one attached hydrogen (secondary N) is 2. The van der Waals surface area contributed by atoms with Gasteiger partial charge in [0.15, 0.2) is 9.84 Å². The van der Waals surface area contributed by atoms with Gasteiger partial charge in [0.1, 0.15) is 11.9 Å². The summed E-state index contributed by atoms with van der Waals surface area (Å²) in [6.07, 6.45) is 4.72. The standard InChI is InChI=1S/C28H30N4O3S/c1-3-7-19-8-6-10-21(16-19)26(32-23-12-13-24-20(17-23)14-15-30-27(24)29)28(33)31-18-22-9-4-5-11-25(22)36(2,34)35/h4-6,8-17,26,32H,3,7,18H2,1-2H3,(H2,29,30)(H,31,33). The van der Waals surface area contributed by atoms with Crippen molar-refractivity contribution in [2.75, 3.05) is 17.3 Å². The number of benzene rings is 3. The summed E-state index contributed by atoms with van der Waals surface area (Å²) in [5.74, 6) is 0.187. The molecule has 3 aromatic carbocycles. The Morgan fingerprint density at radius 2 is 1.83 bits per heavy atom. The number of pyridine rings is 1. The van der Waals surface area contributed by atoms with Crippen LogP contribution in [0.2, 0.25) is 0 Å². The minimum atomic E-state index is -3.42. The number of fused-ring (bicyclic) bond motifs is 1. The second-order valence-corrected chi connectivity index (χ2v) is 10.8. The lowest BCUT2D eigenvalue weighted by molar-refractivity contribution is -0.122. The lowest BCUT2D eigenvalue weighted by Crippen LogP contribution is -2.33. The molecule has 0 spiro atoms. The first-order valence-corrected chi connectivity index (χ1v) is 13.7. The summed E-state index contributed by atoms with van der Waals surface area (Å²) in [6.45, 7) is 2.21. The molecule has 4 N–H and O–H groups in total. The Labute approximate surface area is 211 Å². The molecule has 0 fully saturated rings. The number of hydrogen-bond donors (Lipinski definition) is 3. The number of amides is 1. The third kappa shape index (κ3) is 5.83. The average Bonchev–Trinajstić information content (AvgIpc) is 2.86. The van der Waals surface area contributed by atoms with Crippen LogP contribution in [-0.2, 0) is 27.6 Å². The SMILES string of the molecule is CCCc1cccc(C(Nc2ccc3c(N)nccc3c2)C(=O)NCc2ccccc2S(C)(=O)=O)c1. The maximum absolute atomic E-state index is 13.5. The van der Waals surface area contributed by atoms with E-state index in [0.717, 1.165) is 40.4 Å².